The van der Waals surface area contributed by atoms with E-state index >= 15 is 0 Å². The molecule has 1 aromatic heterocycles. The van der Waals surface area contributed by atoms with Crippen molar-refractivity contribution in [3.8, 4) is 17.0 Å². The van der Waals surface area contributed by atoms with Gasteiger partial charge in [0.2, 0.25) is 0 Å². The highest BCUT2D eigenvalue weighted by Gasteiger charge is 2.18. The van der Waals surface area contributed by atoms with E-state index in [9.17, 15) is 14.9 Å². The summed E-state index contributed by atoms with van der Waals surface area (Å²) in [6, 6.07) is 12.1. The average molecular weight is 424 g/mol. The Bertz CT molecular complexity index is 1180. The van der Waals surface area contributed by atoms with Crippen LogP contribution in [0.1, 0.15) is 19.8 Å². The van der Waals surface area contributed by atoms with Crippen molar-refractivity contribution in [2.24, 2.45) is 4.99 Å². The number of nitrogens with one attached hydrogen (secondary N) is 1. The number of para-hydroxylation sites is 2. The Morgan fingerprint density at radius 1 is 1.30 bits per heavy atom. The number of anilines is 1. The summed E-state index contributed by atoms with van der Waals surface area (Å²) in [5.41, 5.74) is 2.79. The zero-order chi connectivity index (χ0) is 21.1. The quantitative estimate of drug-likeness (QED) is 0.466. The summed E-state index contributed by atoms with van der Waals surface area (Å²) < 4.78 is 7.51. The van der Waals surface area contributed by atoms with Crippen molar-refractivity contribution in [1.82, 2.24) is 4.57 Å². The smallest absolute Gasteiger partial charge is 0.294 e. The van der Waals surface area contributed by atoms with Crippen molar-refractivity contribution in [2.75, 3.05) is 11.9 Å². The Hall–Kier alpha value is -3.46. The molecule has 2 aromatic carbocycles. The number of unbranched alkanes of at least 4 members (excludes halogenated alkanes) is 1. The van der Waals surface area contributed by atoms with E-state index in [-0.39, 0.29) is 18.2 Å². The Kier molecular flexibility index (Phi) is 5.62. The second kappa shape index (κ2) is 8.50. The van der Waals surface area contributed by atoms with Gasteiger partial charge >= 0.3 is 0 Å². The molecule has 0 unspecified atom stereocenters. The van der Waals surface area contributed by atoms with Gasteiger partial charge in [0, 0.05) is 23.6 Å². The molecule has 30 heavy (non-hydrogen) atoms. The molecule has 0 saturated carbocycles. The third kappa shape index (κ3) is 3.97. The number of carbonyl (C=O) groups excluding carboxylic acids is 1. The fourth-order valence-corrected chi connectivity index (χ4v) is 4.19. The molecule has 0 aliphatic carbocycles. The van der Waals surface area contributed by atoms with Gasteiger partial charge in [0.05, 0.1) is 16.3 Å². The number of fused-ring (bicyclic) bond motifs is 1. The molecule has 3 aromatic rings. The van der Waals surface area contributed by atoms with E-state index in [0.29, 0.717) is 21.9 Å². The molecule has 9 heteroatoms. The zero-order valence-corrected chi connectivity index (χ0v) is 17.1. The van der Waals surface area contributed by atoms with Crippen molar-refractivity contribution < 1.29 is 14.5 Å². The Labute approximate surface area is 176 Å². The van der Waals surface area contributed by atoms with Gasteiger partial charge < -0.3 is 14.6 Å². The minimum atomic E-state index is -0.421. The highest BCUT2D eigenvalue weighted by atomic mass is 32.1. The van der Waals surface area contributed by atoms with Crippen LogP contribution < -0.4 is 14.9 Å². The Morgan fingerprint density at radius 2 is 2.13 bits per heavy atom. The third-order valence-corrected chi connectivity index (χ3v) is 5.60. The van der Waals surface area contributed by atoms with Crippen LogP contribution in [0.4, 0.5) is 17.1 Å². The summed E-state index contributed by atoms with van der Waals surface area (Å²) in [6.07, 6.45) is 1.94. The summed E-state index contributed by atoms with van der Waals surface area (Å²) in [6.45, 7) is 2.85. The molecule has 0 bridgehead atoms. The first-order chi connectivity index (χ1) is 14.6. The van der Waals surface area contributed by atoms with Gasteiger partial charge in [-0.25, -0.2) is 4.99 Å². The van der Waals surface area contributed by atoms with E-state index < -0.39 is 4.92 Å². The Balaban J connectivity index is 1.82. The molecule has 1 amide bonds. The van der Waals surface area contributed by atoms with Crippen LogP contribution in [-0.4, -0.2) is 22.0 Å². The van der Waals surface area contributed by atoms with Gasteiger partial charge in [-0.2, -0.15) is 0 Å². The maximum absolute atomic E-state index is 11.7. The first kappa shape index (κ1) is 19.8. The molecule has 4 rings (SSSR count). The predicted octanol–water partition coefficient (Wildman–Crippen LogP) is 4.49. The third-order valence-electron chi connectivity index (χ3n) is 4.74. The number of benzene rings is 2. The largest absolute Gasteiger partial charge is 0.482 e. The highest BCUT2D eigenvalue weighted by Crippen LogP contribution is 2.33. The van der Waals surface area contributed by atoms with E-state index in [1.807, 2.05) is 23.6 Å². The molecular formula is C21H20N4O4S. The second-order valence-corrected chi connectivity index (χ2v) is 7.65. The summed E-state index contributed by atoms with van der Waals surface area (Å²) in [4.78, 5) is 27.9. The summed E-state index contributed by atoms with van der Waals surface area (Å²) in [7, 11) is 0. The second-order valence-electron chi connectivity index (χ2n) is 6.81. The lowest BCUT2D eigenvalue weighted by Crippen LogP contribution is -2.25. The van der Waals surface area contributed by atoms with Crippen LogP contribution in [0.15, 0.2) is 52.8 Å². The molecule has 8 nitrogen and oxygen atoms in total. The molecule has 1 aliphatic rings. The van der Waals surface area contributed by atoms with Gasteiger partial charge in [-0.1, -0.05) is 25.5 Å². The fourth-order valence-electron chi connectivity index (χ4n) is 3.24. The molecule has 0 fully saturated rings. The number of nitro groups is 1. The Morgan fingerprint density at radius 3 is 2.93 bits per heavy atom. The first-order valence-corrected chi connectivity index (χ1v) is 10.5. The number of hydrogen-bond donors (Lipinski definition) is 1. The van der Waals surface area contributed by atoms with Crippen molar-refractivity contribution in [1.29, 1.82) is 0 Å². The van der Waals surface area contributed by atoms with E-state index in [1.54, 1.807) is 18.2 Å². The van der Waals surface area contributed by atoms with Crippen molar-refractivity contribution in [3.63, 3.8) is 0 Å². The lowest BCUT2D eigenvalue weighted by Gasteiger charge is -2.19. The van der Waals surface area contributed by atoms with Crippen LogP contribution in [0, 0.1) is 10.1 Å². The normalized spacial score (nSPS) is 13.5. The summed E-state index contributed by atoms with van der Waals surface area (Å²) >= 11 is 1.43. The number of thiazole rings is 1. The van der Waals surface area contributed by atoms with Gasteiger partial charge in [-0.15, -0.1) is 11.3 Å². The zero-order valence-electron chi connectivity index (χ0n) is 16.3. The molecule has 2 heterocycles. The molecule has 1 N–H and O–H groups in total. The monoisotopic (exact) mass is 424 g/mol. The van der Waals surface area contributed by atoms with Gasteiger partial charge in [-0.05, 0) is 30.7 Å². The number of amides is 1. The SMILES string of the molecule is CCCCn1c(-c2ccc3c(c2)NC(=O)CO3)csc1=Nc1ccccc1[N+](=O)[O-]. The molecule has 0 spiro atoms. The maximum Gasteiger partial charge on any atom is 0.294 e. The fraction of sp³-hybridized carbons (Fsp3) is 0.238. The summed E-state index contributed by atoms with van der Waals surface area (Å²) in [5.74, 6) is 0.453. The van der Waals surface area contributed by atoms with Crippen LogP contribution in [-0.2, 0) is 11.3 Å². The van der Waals surface area contributed by atoms with Crippen LogP contribution in [0.25, 0.3) is 11.3 Å². The maximum atomic E-state index is 11.7. The van der Waals surface area contributed by atoms with Gasteiger partial charge in [0.25, 0.3) is 11.6 Å². The number of rotatable bonds is 6. The first-order valence-electron chi connectivity index (χ1n) is 9.60. The van der Waals surface area contributed by atoms with E-state index in [0.717, 1.165) is 30.6 Å². The van der Waals surface area contributed by atoms with Gasteiger partial charge in [0.15, 0.2) is 11.4 Å². The number of aromatic nitrogens is 1. The van der Waals surface area contributed by atoms with Crippen LogP contribution >= 0.6 is 11.3 Å². The molecule has 0 radical (unpaired) electrons. The van der Waals surface area contributed by atoms with Crippen molar-refractivity contribution in [2.45, 2.75) is 26.3 Å². The van der Waals surface area contributed by atoms with Gasteiger partial charge in [-0.3, -0.25) is 14.9 Å². The number of hydrogen-bond acceptors (Lipinski definition) is 6. The number of ether oxygens (including phenoxy) is 1. The lowest BCUT2D eigenvalue weighted by atomic mass is 10.1. The molecule has 0 atom stereocenters. The van der Waals surface area contributed by atoms with E-state index in [2.05, 4.69) is 21.8 Å². The van der Waals surface area contributed by atoms with Gasteiger partial charge in [0.1, 0.15) is 11.4 Å². The van der Waals surface area contributed by atoms with Crippen LogP contribution in [0.3, 0.4) is 0 Å². The molecular weight excluding hydrogens is 404 g/mol. The van der Waals surface area contributed by atoms with Crippen molar-refractivity contribution >= 4 is 34.3 Å². The molecule has 1 aliphatic heterocycles. The topological polar surface area (TPSA) is 98.8 Å². The van der Waals surface area contributed by atoms with E-state index in [4.69, 9.17) is 4.74 Å². The summed E-state index contributed by atoms with van der Waals surface area (Å²) in [5, 5.41) is 16.2. The van der Waals surface area contributed by atoms with Crippen LogP contribution in [0.2, 0.25) is 0 Å². The predicted molar refractivity (Wildman–Crippen MR) is 115 cm³/mol. The number of nitrogens with zero attached hydrogens (tertiary/aromatic N) is 3. The highest BCUT2D eigenvalue weighted by molar-refractivity contribution is 7.07. The minimum Gasteiger partial charge on any atom is -0.482 e. The molecule has 154 valence electrons. The van der Waals surface area contributed by atoms with Crippen molar-refractivity contribution in [3.05, 3.63) is 62.8 Å². The van der Waals surface area contributed by atoms with E-state index in [1.165, 1.54) is 17.4 Å². The molecule has 0 saturated heterocycles. The lowest BCUT2D eigenvalue weighted by molar-refractivity contribution is -0.384. The minimum absolute atomic E-state index is 0.0141. The number of nitro benzene ring substituents is 1. The standard InChI is InChI=1S/C21H20N4O4S/c1-2-3-10-24-18(14-8-9-19-16(11-14)22-20(26)12-29-19)13-30-21(24)23-15-6-4-5-7-17(15)25(27)28/h4-9,11,13H,2-3,10,12H2,1H3,(H,22,26). The number of carbonyl (C=O) groups is 1. The van der Waals surface area contributed by atoms with Crippen LogP contribution in [0.5, 0.6) is 5.75 Å². The average Bonchev–Trinajstić information content (AvgIpc) is 3.14.